The average Bonchev–Trinajstić information content (AvgIpc) is 2.38. The zero-order valence-electron chi connectivity index (χ0n) is 11.0. The number of allylic oxidation sites excluding steroid dienone is 2. The second-order valence-corrected chi connectivity index (χ2v) is 4.57. The quantitative estimate of drug-likeness (QED) is 0.563. The van der Waals surface area contributed by atoms with Gasteiger partial charge in [0.1, 0.15) is 5.41 Å². The first-order valence-corrected chi connectivity index (χ1v) is 5.96. The van der Waals surface area contributed by atoms with Crippen molar-refractivity contribution in [3.05, 3.63) is 36.5 Å². The molecule has 6 heteroatoms. The lowest BCUT2D eigenvalue weighted by Crippen LogP contribution is -2.42. The van der Waals surface area contributed by atoms with Gasteiger partial charge in [-0.3, -0.25) is 9.59 Å². The third kappa shape index (κ3) is 3.14. The highest BCUT2D eigenvalue weighted by molar-refractivity contribution is 5.88. The number of carboxylic acid groups (broad SMARTS) is 2. The fourth-order valence-corrected chi connectivity index (χ4v) is 1.97. The van der Waals surface area contributed by atoms with Gasteiger partial charge in [0.2, 0.25) is 0 Å². The fourth-order valence-electron chi connectivity index (χ4n) is 1.97. The van der Waals surface area contributed by atoms with Crippen molar-refractivity contribution in [2.24, 2.45) is 11.3 Å². The van der Waals surface area contributed by atoms with Crippen LogP contribution in [-0.4, -0.2) is 34.7 Å². The van der Waals surface area contributed by atoms with Crippen molar-refractivity contribution in [1.29, 1.82) is 0 Å². The molecule has 0 heterocycles. The van der Waals surface area contributed by atoms with Crippen molar-refractivity contribution >= 4 is 17.9 Å². The summed E-state index contributed by atoms with van der Waals surface area (Å²) in [6.45, 7) is 4.68. The van der Waals surface area contributed by atoms with Crippen LogP contribution >= 0.6 is 0 Å². The summed E-state index contributed by atoms with van der Waals surface area (Å²) in [4.78, 5) is 34.0. The van der Waals surface area contributed by atoms with E-state index in [9.17, 15) is 19.5 Å². The zero-order chi connectivity index (χ0) is 15.3. The molecule has 0 aromatic heterocycles. The van der Waals surface area contributed by atoms with Crippen molar-refractivity contribution in [2.45, 2.75) is 13.3 Å². The molecule has 1 rings (SSSR count). The van der Waals surface area contributed by atoms with Gasteiger partial charge in [0.15, 0.2) is 0 Å². The van der Waals surface area contributed by atoms with Crippen LogP contribution in [0.5, 0.6) is 0 Å². The van der Waals surface area contributed by atoms with E-state index in [1.165, 1.54) is 31.2 Å². The van der Waals surface area contributed by atoms with Crippen LogP contribution in [0.25, 0.3) is 0 Å². The number of esters is 1. The van der Waals surface area contributed by atoms with Crippen molar-refractivity contribution in [1.82, 2.24) is 0 Å². The van der Waals surface area contributed by atoms with Crippen LogP contribution in [0.15, 0.2) is 36.5 Å². The topological polar surface area (TPSA) is 101 Å². The maximum atomic E-state index is 11.5. The molecule has 108 valence electrons. The number of carboxylic acids is 2. The lowest BCUT2D eigenvalue weighted by atomic mass is 9.70. The highest BCUT2D eigenvalue weighted by Gasteiger charge is 2.47. The Kier molecular flexibility index (Phi) is 4.85. The number of aliphatic carboxylic acids is 2. The van der Waals surface area contributed by atoms with Gasteiger partial charge >= 0.3 is 17.9 Å². The third-order valence-electron chi connectivity index (χ3n) is 3.12. The molecule has 0 saturated heterocycles. The van der Waals surface area contributed by atoms with Gasteiger partial charge < -0.3 is 14.9 Å². The second kappa shape index (κ2) is 6.18. The Labute approximate surface area is 116 Å². The minimum absolute atomic E-state index is 0.126. The molecule has 1 aliphatic carbocycles. The van der Waals surface area contributed by atoms with Crippen LogP contribution in [0, 0.1) is 11.3 Å². The van der Waals surface area contributed by atoms with E-state index >= 15 is 0 Å². The summed E-state index contributed by atoms with van der Waals surface area (Å²) < 4.78 is 4.86. The number of rotatable bonds is 6. The van der Waals surface area contributed by atoms with E-state index in [2.05, 4.69) is 6.58 Å². The van der Waals surface area contributed by atoms with Gasteiger partial charge in [-0.1, -0.05) is 30.9 Å². The predicted octanol–water partition coefficient (Wildman–Crippen LogP) is 1.39. The van der Waals surface area contributed by atoms with E-state index in [-0.39, 0.29) is 18.6 Å². The molecule has 0 aromatic rings. The van der Waals surface area contributed by atoms with Gasteiger partial charge in [0, 0.05) is 12.0 Å². The summed E-state index contributed by atoms with van der Waals surface area (Å²) in [7, 11) is 0. The molecule has 20 heavy (non-hydrogen) atoms. The second-order valence-electron chi connectivity index (χ2n) is 4.57. The first kappa shape index (κ1) is 15.7. The van der Waals surface area contributed by atoms with Crippen LogP contribution in [0.3, 0.4) is 0 Å². The summed E-state index contributed by atoms with van der Waals surface area (Å²) in [5.41, 5.74) is -1.42. The molecule has 0 radical (unpaired) electrons. The molecule has 2 unspecified atom stereocenters. The van der Waals surface area contributed by atoms with Crippen LogP contribution in [0.4, 0.5) is 0 Å². The molecule has 2 atom stereocenters. The van der Waals surface area contributed by atoms with Crippen LogP contribution in [0.1, 0.15) is 13.3 Å². The van der Waals surface area contributed by atoms with Crippen LogP contribution in [0.2, 0.25) is 0 Å². The standard InChI is InChI=1S/C14H16O6/c1-9(2)12(17)20-8-7-14(13(18)19)6-4-3-5-10(14)11(15)16/h3-6,10H,1,7-8H2,2H3,(H,15,16)(H,18,19). The highest BCUT2D eigenvalue weighted by atomic mass is 16.5. The summed E-state index contributed by atoms with van der Waals surface area (Å²) in [5, 5.41) is 18.5. The molecule has 6 nitrogen and oxygen atoms in total. The summed E-state index contributed by atoms with van der Waals surface area (Å²) in [5.74, 6) is -4.34. The molecule has 2 N–H and O–H groups in total. The van der Waals surface area contributed by atoms with Crippen molar-refractivity contribution < 1.29 is 29.3 Å². The van der Waals surface area contributed by atoms with Crippen LogP contribution < -0.4 is 0 Å². The molecule has 0 amide bonds. The molecule has 0 fully saturated rings. The first-order valence-electron chi connectivity index (χ1n) is 5.96. The zero-order valence-corrected chi connectivity index (χ0v) is 11.0. The molecule has 0 spiro atoms. The smallest absolute Gasteiger partial charge is 0.333 e. The lowest BCUT2D eigenvalue weighted by Gasteiger charge is -2.31. The summed E-state index contributed by atoms with van der Waals surface area (Å²) >= 11 is 0. The number of carbonyl (C=O) groups is 3. The number of hydrogen-bond acceptors (Lipinski definition) is 4. The first-order chi connectivity index (χ1) is 9.31. The maximum absolute atomic E-state index is 11.5. The monoisotopic (exact) mass is 280 g/mol. The molecule has 0 aliphatic heterocycles. The van der Waals surface area contributed by atoms with Crippen molar-refractivity contribution in [3.63, 3.8) is 0 Å². The predicted molar refractivity (Wildman–Crippen MR) is 69.9 cm³/mol. The third-order valence-corrected chi connectivity index (χ3v) is 3.12. The van der Waals surface area contributed by atoms with Crippen molar-refractivity contribution in [2.75, 3.05) is 6.61 Å². The number of hydrogen-bond donors (Lipinski definition) is 2. The van der Waals surface area contributed by atoms with Crippen molar-refractivity contribution in [3.8, 4) is 0 Å². The van der Waals surface area contributed by atoms with E-state index < -0.39 is 29.2 Å². The molecule has 0 saturated carbocycles. The Hall–Kier alpha value is -2.37. The fraction of sp³-hybridized carbons (Fsp3) is 0.357. The molecule has 1 aliphatic rings. The highest BCUT2D eigenvalue weighted by Crippen LogP contribution is 2.37. The van der Waals surface area contributed by atoms with E-state index in [4.69, 9.17) is 9.84 Å². The van der Waals surface area contributed by atoms with E-state index in [0.717, 1.165) is 0 Å². The molecule has 0 aromatic carbocycles. The lowest BCUT2D eigenvalue weighted by molar-refractivity contribution is -0.159. The van der Waals surface area contributed by atoms with Gasteiger partial charge in [-0.15, -0.1) is 0 Å². The molecular formula is C14H16O6. The Morgan fingerprint density at radius 1 is 1.30 bits per heavy atom. The molecular weight excluding hydrogens is 264 g/mol. The minimum Gasteiger partial charge on any atom is -0.481 e. The van der Waals surface area contributed by atoms with E-state index in [0.29, 0.717) is 0 Å². The van der Waals surface area contributed by atoms with Gasteiger partial charge in [-0.2, -0.15) is 0 Å². The largest absolute Gasteiger partial charge is 0.481 e. The number of carbonyl (C=O) groups excluding carboxylic acids is 1. The van der Waals surface area contributed by atoms with E-state index in [1.807, 2.05) is 0 Å². The Morgan fingerprint density at radius 2 is 1.95 bits per heavy atom. The summed E-state index contributed by atoms with van der Waals surface area (Å²) in [6.07, 6.45) is 5.48. The molecule has 0 bridgehead atoms. The van der Waals surface area contributed by atoms with Gasteiger partial charge in [-0.25, -0.2) is 4.79 Å². The Morgan fingerprint density at radius 3 is 2.45 bits per heavy atom. The average molecular weight is 280 g/mol. The normalized spacial score (nSPS) is 24.1. The van der Waals surface area contributed by atoms with Gasteiger partial charge in [-0.05, 0) is 6.92 Å². The summed E-state index contributed by atoms with van der Waals surface area (Å²) in [6, 6.07) is 0. The SMILES string of the molecule is C=C(C)C(=O)OCCC1(C(=O)O)C=CC=CC1C(=O)O. The Balaban J connectivity index is 2.87. The van der Waals surface area contributed by atoms with Gasteiger partial charge in [0.05, 0.1) is 12.5 Å². The van der Waals surface area contributed by atoms with Crippen LogP contribution in [-0.2, 0) is 19.1 Å². The van der Waals surface area contributed by atoms with E-state index in [1.54, 1.807) is 0 Å². The number of ether oxygens (including phenoxy) is 1. The van der Waals surface area contributed by atoms with Gasteiger partial charge in [0.25, 0.3) is 0 Å². The minimum atomic E-state index is -1.62. The Bertz CT molecular complexity index is 502. The maximum Gasteiger partial charge on any atom is 0.333 e.